The molecule has 1 aliphatic rings. The smallest absolute Gasteiger partial charge is 0.163 e. The molecule has 1 heterocycles. The van der Waals surface area contributed by atoms with Crippen LogP contribution < -0.4 is 15.9 Å². The molecular weight excluding hydrogens is 134 g/mol. The molecule has 0 radical (unpaired) electrons. The predicted molar refractivity (Wildman–Crippen MR) is 35.3 cm³/mol. The zero-order valence-corrected chi connectivity index (χ0v) is 6.18. The average Bonchev–Trinajstić information content (AvgIpc) is 2.10. The van der Waals surface area contributed by atoms with E-state index in [9.17, 15) is 10.4 Å². The molecule has 0 spiro atoms. The Morgan fingerprint density at radius 2 is 2.10 bits per heavy atom. The lowest BCUT2D eigenvalue weighted by molar-refractivity contribution is -1.06. The summed E-state index contributed by atoms with van der Waals surface area (Å²) in [5.74, 6) is 0.270. The summed E-state index contributed by atoms with van der Waals surface area (Å²) < 4.78 is 0. The highest BCUT2D eigenvalue weighted by Gasteiger charge is 2.31. The van der Waals surface area contributed by atoms with Crippen molar-refractivity contribution < 1.29 is 10.3 Å². The fraction of sp³-hybridized carbons (Fsp3) is 1.00. The minimum Gasteiger partial charge on any atom is -0.609 e. The van der Waals surface area contributed by atoms with Gasteiger partial charge in [0.2, 0.25) is 0 Å². The van der Waals surface area contributed by atoms with Crippen LogP contribution in [0, 0.1) is 16.3 Å². The molecule has 1 aliphatic heterocycles. The molecule has 5 nitrogen and oxygen atoms in total. The van der Waals surface area contributed by atoms with Crippen molar-refractivity contribution in [3.63, 3.8) is 0 Å². The number of nitrogens with one attached hydrogen (secondary N) is 3. The molecule has 0 aliphatic carbocycles. The number of hydrogen-bond acceptors (Lipinski definition) is 3. The van der Waals surface area contributed by atoms with Crippen molar-refractivity contribution in [1.29, 1.82) is 0 Å². The fourth-order valence-corrected chi connectivity index (χ4v) is 1.11. The van der Waals surface area contributed by atoms with Crippen LogP contribution in [0.1, 0.15) is 13.8 Å². The Balaban J connectivity index is 2.46. The van der Waals surface area contributed by atoms with E-state index in [4.69, 9.17) is 0 Å². The van der Waals surface area contributed by atoms with Gasteiger partial charge < -0.3 is 10.4 Å². The number of quaternary nitrogens is 2. The Labute approximate surface area is 59.7 Å². The van der Waals surface area contributed by atoms with Crippen LogP contribution in [-0.2, 0) is 0 Å². The second-order valence-electron chi connectivity index (χ2n) is 2.97. The monoisotopic (exact) mass is 147 g/mol. The first kappa shape index (κ1) is 7.90. The maximum absolute atomic E-state index is 10.9. The first-order valence-corrected chi connectivity index (χ1v) is 3.45. The topological polar surface area (TPSA) is 67.0 Å². The van der Waals surface area contributed by atoms with Gasteiger partial charge in [-0.3, -0.25) is 0 Å². The summed E-state index contributed by atoms with van der Waals surface area (Å²) in [5, 5.41) is 21.3. The summed E-state index contributed by atoms with van der Waals surface area (Å²) >= 11 is 0. The van der Waals surface area contributed by atoms with E-state index in [1.165, 1.54) is 0 Å². The lowest BCUT2D eigenvalue weighted by Crippen LogP contribution is -3.29. The van der Waals surface area contributed by atoms with Crippen molar-refractivity contribution in [2.24, 2.45) is 5.92 Å². The van der Waals surface area contributed by atoms with Crippen molar-refractivity contribution in [1.82, 2.24) is 5.53 Å². The molecule has 5 heteroatoms. The van der Waals surface area contributed by atoms with E-state index in [2.05, 4.69) is 5.53 Å². The van der Waals surface area contributed by atoms with Gasteiger partial charge in [-0.1, -0.05) is 13.8 Å². The normalized spacial score (nSPS) is 41.1. The van der Waals surface area contributed by atoms with Crippen LogP contribution in [0.4, 0.5) is 0 Å². The average molecular weight is 147 g/mol. The van der Waals surface area contributed by atoms with Gasteiger partial charge in [0.1, 0.15) is 0 Å². The van der Waals surface area contributed by atoms with Gasteiger partial charge in [-0.15, -0.1) is 0 Å². The second-order valence-corrected chi connectivity index (χ2v) is 2.97. The lowest BCUT2D eigenvalue weighted by atomic mass is 10.1. The van der Waals surface area contributed by atoms with E-state index in [0.29, 0.717) is 6.54 Å². The molecule has 0 amide bonds. The maximum Gasteiger partial charge on any atom is 0.163 e. The number of hydrogen-bond donors (Lipinski definition) is 3. The molecule has 0 aromatic rings. The van der Waals surface area contributed by atoms with Crippen molar-refractivity contribution >= 4 is 0 Å². The van der Waals surface area contributed by atoms with E-state index >= 15 is 0 Å². The SMILES string of the molecule is CC(C)C1C[NH+]([O-])N[NH+]1[O-]. The van der Waals surface area contributed by atoms with E-state index < -0.39 is 0 Å². The molecule has 0 aromatic carbocycles. The van der Waals surface area contributed by atoms with Crippen molar-refractivity contribution in [3.05, 3.63) is 10.4 Å². The summed E-state index contributed by atoms with van der Waals surface area (Å²) in [7, 11) is 0. The third kappa shape index (κ3) is 1.44. The van der Waals surface area contributed by atoms with Gasteiger partial charge in [0.05, 0.1) is 0 Å². The molecular formula is C5H13N3O2. The van der Waals surface area contributed by atoms with Gasteiger partial charge in [0.25, 0.3) is 0 Å². The highest BCUT2D eigenvalue weighted by molar-refractivity contribution is 4.59. The van der Waals surface area contributed by atoms with E-state index in [1.807, 2.05) is 13.8 Å². The molecule has 3 unspecified atom stereocenters. The van der Waals surface area contributed by atoms with Gasteiger partial charge in [-0.05, 0) is 5.53 Å². The van der Waals surface area contributed by atoms with Crippen LogP contribution in [0.2, 0.25) is 0 Å². The zero-order chi connectivity index (χ0) is 7.72. The quantitative estimate of drug-likeness (QED) is 0.351. The Bertz CT molecular complexity index is 119. The van der Waals surface area contributed by atoms with Gasteiger partial charge in [-0.25, -0.2) is 10.3 Å². The predicted octanol–water partition coefficient (Wildman–Crippen LogP) is -2.79. The van der Waals surface area contributed by atoms with Gasteiger partial charge in [-0.2, -0.15) is 0 Å². The molecule has 10 heavy (non-hydrogen) atoms. The number of hydroxylamine groups is 2. The molecule has 1 saturated heterocycles. The first-order valence-electron chi connectivity index (χ1n) is 3.45. The molecule has 0 aromatic heterocycles. The lowest BCUT2D eigenvalue weighted by Gasteiger charge is -2.21. The Morgan fingerprint density at radius 1 is 1.50 bits per heavy atom. The molecule has 1 rings (SSSR count). The van der Waals surface area contributed by atoms with Crippen LogP contribution in [-0.4, -0.2) is 12.6 Å². The van der Waals surface area contributed by atoms with Crippen LogP contribution in [0.3, 0.4) is 0 Å². The van der Waals surface area contributed by atoms with Gasteiger partial charge in [0, 0.05) is 5.92 Å². The Morgan fingerprint density at radius 3 is 2.30 bits per heavy atom. The van der Waals surface area contributed by atoms with Crippen LogP contribution in [0.5, 0.6) is 0 Å². The molecule has 0 bridgehead atoms. The molecule has 1 fully saturated rings. The van der Waals surface area contributed by atoms with Crippen LogP contribution in [0.15, 0.2) is 0 Å². The highest BCUT2D eigenvalue weighted by atomic mass is 16.6. The van der Waals surface area contributed by atoms with E-state index in [-0.39, 0.29) is 22.3 Å². The summed E-state index contributed by atoms with van der Waals surface area (Å²) in [6.45, 7) is 4.27. The summed E-state index contributed by atoms with van der Waals surface area (Å²) in [4.78, 5) is 0. The Hall–Kier alpha value is -0.200. The minimum atomic E-state index is -0.135. The molecule has 0 saturated carbocycles. The summed E-state index contributed by atoms with van der Waals surface area (Å²) in [5.41, 5.74) is 2.27. The number of rotatable bonds is 1. The van der Waals surface area contributed by atoms with Crippen LogP contribution >= 0.6 is 0 Å². The summed E-state index contributed by atoms with van der Waals surface area (Å²) in [6, 6.07) is -0.0903. The van der Waals surface area contributed by atoms with Gasteiger partial charge >= 0.3 is 0 Å². The van der Waals surface area contributed by atoms with Crippen molar-refractivity contribution in [2.75, 3.05) is 6.54 Å². The van der Waals surface area contributed by atoms with Gasteiger partial charge in [0.15, 0.2) is 12.6 Å². The van der Waals surface area contributed by atoms with Crippen molar-refractivity contribution in [3.8, 4) is 0 Å². The van der Waals surface area contributed by atoms with E-state index in [1.54, 1.807) is 0 Å². The Kier molecular flexibility index (Phi) is 2.22. The molecule has 3 atom stereocenters. The standard InChI is InChI=1S/C5H13N3O2/c1-4(2)5-3-7(9)6-8(5)10/h4-8H,3H2,1-2H3. The first-order chi connectivity index (χ1) is 4.61. The third-order valence-electron chi connectivity index (χ3n) is 1.81. The molecule has 3 N–H and O–H groups in total. The highest BCUT2D eigenvalue weighted by Crippen LogP contribution is 1.95. The minimum absolute atomic E-state index is 0.0903. The zero-order valence-electron chi connectivity index (χ0n) is 6.18. The largest absolute Gasteiger partial charge is 0.609 e. The van der Waals surface area contributed by atoms with Crippen molar-refractivity contribution in [2.45, 2.75) is 19.9 Å². The van der Waals surface area contributed by atoms with E-state index in [0.717, 1.165) is 0 Å². The molecule has 60 valence electrons. The van der Waals surface area contributed by atoms with Crippen LogP contribution in [0.25, 0.3) is 0 Å². The fourth-order valence-electron chi connectivity index (χ4n) is 1.11. The second kappa shape index (κ2) is 2.81. The third-order valence-corrected chi connectivity index (χ3v) is 1.81. The maximum atomic E-state index is 10.9. The summed E-state index contributed by atoms with van der Waals surface area (Å²) in [6.07, 6.45) is 0.